The second kappa shape index (κ2) is 6.23. The topological polar surface area (TPSA) is 91.4 Å². The highest BCUT2D eigenvalue weighted by Crippen LogP contribution is 2.43. The number of nitrogens with zero attached hydrogens (tertiary/aromatic N) is 4. The summed E-state index contributed by atoms with van der Waals surface area (Å²) in [5, 5.41) is 17.0. The Balaban J connectivity index is 1.54. The molecule has 1 aliphatic carbocycles. The predicted octanol–water partition coefficient (Wildman–Crippen LogP) is 2.82. The summed E-state index contributed by atoms with van der Waals surface area (Å²) in [4.78, 5) is 8.79. The van der Waals surface area contributed by atoms with Gasteiger partial charge in [-0.3, -0.25) is 0 Å². The monoisotopic (exact) mass is 345 g/mol. The van der Waals surface area contributed by atoms with Crippen LogP contribution in [0.5, 0.6) is 0 Å². The van der Waals surface area contributed by atoms with Crippen LogP contribution in [-0.2, 0) is 0 Å². The maximum absolute atomic E-state index is 13.4. The lowest BCUT2D eigenvalue weighted by Crippen LogP contribution is -2.10. The lowest BCUT2D eigenvalue weighted by Gasteiger charge is -2.08. The van der Waals surface area contributed by atoms with Crippen LogP contribution in [0.3, 0.4) is 0 Å². The van der Waals surface area contributed by atoms with E-state index in [4.69, 9.17) is 0 Å². The highest BCUT2D eigenvalue weighted by Gasteiger charge is 2.39. The third-order valence-corrected chi connectivity index (χ3v) is 4.21. The molecule has 0 bridgehead atoms. The van der Waals surface area contributed by atoms with Crippen molar-refractivity contribution in [1.82, 2.24) is 25.4 Å². The summed E-state index contributed by atoms with van der Waals surface area (Å²) in [6.45, 7) is 2.81. The van der Waals surface area contributed by atoms with Gasteiger partial charge in [0.2, 0.25) is 5.95 Å². The molecule has 2 heterocycles. The van der Waals surface area contributed by atoms with Gasteiger partial charge in [-0.1, -0.05) is 18.2 Å². The molecular weight excluding hydrogens is 328 g/mol. The molecule has 9 heteroatoms. The third kappa shape index (κ3) is 3.09. The zero-order valence-corrected chi connectivity index (χ0v) is 13.6. The van der Waals surface area contributed by atoms with Gasteiger partial charge in [0, 0.05) is 18.5 Å². The van der Waals surface area contributed by atoms with Crippen LogP contribution >= 0.6 is 0 Å². The van der Waals surface area contributed by atoms with E-state index >= 15 is 0 Å². The van der Waals surface area contributed by atoms with Crippen molar-refractivity contribution in [2.24, 2.45) is 0 Å². The van der Waals surface area contributed by atoms with Crippen LogP contribution in [-0.4, -0.2) is 38.0 Å². The van der Waals surface area contributed by atoms with E-state index in [0.29, 0.717) is 22.9 Å². The average molecular weight is 345 g/mol. The maximum atomic E-state index is 13.4. The van der Waals surface area contributed by atoms with Gasteiger partial charge >= 0.3 is 0 Å². The number of fused-ring (bicyclic) bond motifs is 1. The lowest BCUT2D eigenvalue weighted by molar-refractivity contribution is 0.507. The number of aromatic amines is 1. The average Bonchev–Trinajstić information content (AvgIpc) is 3.19. The molecule has 0 radical (unpaired) electrons. The summed E-state index contributed by atoms with van der Waals surface area (Å²) in [5.74, 6) is -0.477. The molecule has 0 aliphatic heterocycles. The molecule has 1 fully saturated rings. The minimum absolute atomic E-state index is 0.0821. The Bertz CT molecular complexity index is 911. The molecule has 1 saturated carbocycles. The van der Waals surface area contributed by atoms with Crippen LogP contribution in [0.4, 0.5) is 20.5 Å². The first kappa shape index (κ1) is 15.7. The fourth-order valence-electron chi connectivity index (χ4n) is 2.81. The Morgan fingerprint density at radius 2 is 2.12 bits per heavy atom. The second-order valence-electron chi connectivity index (χ2n) is 6.10. The van der Waals surface area contributed by atoms with E-state index in [9.17, 15) is 8.78 Å². The molecule has 1 aromatic carbocycles. The molecule has 4 rings (SSSR count). The number of anilines is 2. The molecule has 25 heavy (non-hydrogen) atoms. The van der Waals surface area contributed by atoms with E-state index in [1.807, 2.05) is 0 Å². The van der Waals surface area contributed by atoms with Gasteiger partial charge in [-0.25, -0.2) is 13.9 Å². The van der Waals surface area contributed by atoms with Crippen LogP contribution in [0.1, 0.15) is 31.2 Å². The van der Waals surface area contributed by atoms with E-state index in [1.165, 1.54) is 6.07 Å². The van der Waals surface area contributed by atoms with Crippen molar-refractivity contribution in [3.8, 4) is 0 Å². The first-order chi connectivity index (χ1) is 12.2. The lowest BCUT2D eigenvalue weighted by atomic mass is 10.1. The molecule has 3 N–H and O–H groups in total. The summed E-state index contributed by atoms with van der Waals surface area (Å²) in [6, 6.07) is 4.11. The van der Waals surface area contributed by atoms with Crippen molar-refractivity contribution < 1.29 is 8.78 Å². The van der Waals surface area contributed by atoms with Gasteiger partial charge in [0.25, 0.3) is 0 Å². The van der Waals surface area contributed by atoms with Crippen molar-refractivity contribution in [2.75, 3.05) is 17.2 Å². The number of H-pyrrole nitrogens is 1. The zero-order chi connectivity index (χ0) is 17.4. The number of benzene rings is 1. The van der Waals surface area contributed by atoms with E-state index in [1.54, 1.807) is 6.07 Å². The highest BCUT2D eigenvalue weighted by molar-refractivity contribution is 5.83. The fraction of sp³-hybridized carbons (Fsp3) is 0.375. The molecule has 130 valence electrons. The smallest absolute Gasteiger partial charge is 0.226 e. The summed E-state index contributed by atoms with van der Waals surface area (Å²) in [7, 11) is 0. The molecule has 2 atom stereocenters. The van der Waals surface area contributed by atoms with Crippen LogP contribution in [0.25, 0.3) is 11.2 Å². The van der Waals surface area contributed by atoms with E-state index < -0.39 is 11.6 Å². The van der Waals surface area contributed by atoms with Gasteiger partial charge < -0.3 is 10.6 Å². The summed E-state index contributed by atoms with van der Waals surface area (Å²) >= 11 is 0. The van der Waals surface area contributed by atoms with Gasteiger partial charge in [0.15, 0.2) is 28.6 Å². The predicted molar refractivity (Wildman–Crippen MR) is 89.4 cm³/mol. The van der Waals surface area contributed by atoms with Gasteiger partial charge in [0.1, 0.15) is 0 Å². The SMILES string of the molecule is CCCNc1nc(N[C@@H]2C[C@H]2c2ccc(F)c(F)c2)c2nn[nH]c2n1. The molecule has 1 aliphatic rings. The molecular formula is C16H17F2N7. The Labute approximate surface area is 142 Å². The van der Waals surface area contributed by atoms with E-state index in [0.717, 1.165) is 31.0 Å². The largest absolute Gasteiger partial charge is 0.365 e. The van der Waals surface area contributed by atoms with Crippen molar-refractivity contribution in [3.05, 3.63) is 35.4 Å². The molecule has 3 aromatic rings. The number of aromatic nitrogens is 5. The zero-order valence-electron chi connectivity index (χ0n) is 13.6. The summed E-state index contributed by atoms with van der Waals surface area (Å²) in [6.07, 6.45) is 1.76. The molecule has 0 spiro atoms. The molecule has 0 amide bonds. The fourth-order valence-corrected chi connectivity index (χ4v) is 2.81. The van der Waals surface area contributed by atoms with E-state index in [-0.39, 0.29) is 12.0 Å². The first-order valence-electron chi connectivity index (χ1n) is 8.20. The minimum atomic E-state index is -0.833. The third-order valence-electron chi connectivity index (χ3n) is 4.21. The maximum Gasteiger partial charge on any atom is 0.226 e. The van der Waals surface area contributed by atoms with Crippen molar-refractivity contribution in [3.63, 3.8) is 0 Å². The Kier molecular flexibility index (Phi) is 3.90. The number of rotatable bonds is 6. The first-order valence-corrected chi connectivity index (χ1v) is 8.20. The van der Waals surface area contributed by atoms with Gasteiger partial charge in [-0.2, -0.15) is 9.97 Å². The quantitative estimate of drug-likeness (QED) is 0.636. The normalized spacial score (nSPS) is 19.2. The number of halogens is 2. The van der Waals surface area contributed by atoms with Crippen molar-refractivity contribution in [2.45, 2.75) is 31.7 Å². The highest BCUT2D eigenvalue weighted by atomic mass is 19.2. The van der Waals surface area contributed by atoms with Gasteiger partial charge in [-0.05, 0) is 30.5 Å². The van der Waals surface area contributed by atoms with Crippen LogP contribution in [0.15, 0.2) is 18.2 Å². The number of nitrogens with one attached hydrogen (secondary N) is 3. The van der Waals surface area contributed by atoms with Crippen LogP contribution in [0.2, 0.25) is 0 Å². The van der Waals surface area contributed by atoms with Crippen molar-refractivity contribution in [1.29, 1.82) is 0 Å². The number of hydrogen-bond donors (Lipinski definition) is 3. The summed E-state index contributed by atoms with van der Waals surface area (Å²) < 4.78 is 26.5. The Morgan fingerprint density at radius 3 is 2.92 bits per heavy atom. The Hall–Kier alpha value is -2.84. The van der Waals surface area contributed by atoms with Crippen molar-refractivity contribution >= 4 is 22.9 Å². The molecule has 7 nitrogen and oxygen atoms in total. The molecule has 0 unspecified atom stereocenters. The Morgan fingerprint density at radius 1 is 1.24 bits per heavy atom. The second-order valence-corrected chi connectivity index (χ2v) is 6.10. The van der Waals surface area contributed by atoms with Crippen LogP contribution < -0.4 is 10.6 Å². The van der Waals surface area contributed by atoms with Crippen LogP contribution in [0, 0.1) is 11.6 Å². The minimum Gasteiger partial charge on any atom is -0.365 e. The standard InChI is InChI=1S/C16H17F2N7/c1-2-5-19-16-21-14(13-15(22-16)24-25-23-13)20-12-7-9(12)8-3-4-10(17)11(18)6-8/h3-4,6,9,12H,2,5,7H2,1H3,(H3,19,20,21,22,23,24,25)/t9-,12+/m0/s1. The number of hydrogen-bond acceptors (Lipinski definition) is 6. The van der Waals surface area contributed by atoms with Gasteiger partial charge in [0.05, 0.1) is 0 Å². The van der Waals surface area contributed by atoms with Gasteiger partial charge in [-0.15, -0.1) is 5.10 Å². The summed E-state index contributed by atoms with van der Waals surface area (Å²) in [5.41, 5.74) is 1.87. The molecule has 2 aromatic heterocycles. The molecule has 0 saturated heterocycles. The van der Waals surface area contributed by atoms with E-state index in [2.05, 4.69) is 42.9 Å².